The summed E-state index contributed by atoms with van der Waals surface area (Å²) in [6.07, 6.45) is 0. The first-order chi connectivity index (χ1) is 14.8. The predicted octanol–water partition coefficient (Wildman–Crippen LogP) is 3.09. The fourth-order valence-electron chi connectivity index (χ4n) is 3.71. The molecule has 1 aromatic heterocycles. The number of aromatic nitrogens is 1. The maximum absolute atomic E-state index is 13.0. The van der Waals surface area contributed by atoms with Gasteiger partial charge in [-0.15, -0.1) is 0 Å². The van der Waals surface area contributed by atoms with Gasteiger partial charge in [0, 0.05) is 18.8 Å². The number of nitrogens with zero attached hydrogens (tertiary/aromatic N) is 2. The van der Waals surface area contributed by atoms with E-state index in [-0.39, 0.29) is 23.7 Å². The number of benzene rings is 2. The number of fused-ring (bicyclic) bond motifs is 1. The molecule has 4 rings (SSSR count). The second-order valence-electron chi connectivity index (χ2n) is 7.04. The average molecular weight is 461 g/mol. The zero-order valence-corrected chi connectivity index (χ0v) is 18.3. The summed E-state index contributed by atoms with van der Waals surface area (Å²) < 4.78 is 36.8. The number of halogens is 1. The molecule has 0 unspecified atom stereocenters. The molecule has 1 aliphatic heterocycles. The first kappa shape index (κ1) is 21.2. The lowest BCUT2D eigenvalue weighted by Gasteiger charge is -2.29. The number of nitrogens with two attached hydrogens (primary N) is 1. The number of primary amides is 1. The third kappa shape index (κ3) is 3.99. The summed E-state index contributed by atoms with van der Waals surface area (Å²) in [7, 11) is -2.34. The molecule has 0 bridgehead atoms. The molecule has 0 atom stereocenters. The molecule has 3 N–H and O–H groups in total. The van der Waals surface area contributed by atoms with Crippen LogP contribution in [0.5, 0.6) is 5.75 Å². The molecule has 3 aromatic rings. The Hall–Kier alpha value is -3.01. The molecule has 1 aliphatic rings. The van der Waals surface area contributed by atoms with Crippen LogP contribution in [-0.2, 0) is 23.3 Å². The monoisotopic (exact) mass is 460 g/mol. The Morgan fingerprint density at radius 2 is 1.77 bits per heavy atom. The zero-order valence-electron chi connectivity index (χ0n) is 16.7. The third-order valence-corrected chi connectivity index (χ3v) is 7.03. The number of methoxy groups -OCH3 is 1. The average Bonchev–Trinajstić information content (AvgIpc) is 3.05. The topological polar surface area (TPSA) is 107 Å². The van der Waals surface area contributed by atoms with Gasteiger partial charge >= 0.3 is 10.2 Å². The van der Waals surface area contributed by atoms with Crippen molar-refractivity contribution in [3.8, 4) is 17.0 Å². The molecular formula is C21H21ClN4O4S. The van der Waals surface area contributed by atoms with Crippen molar-refractivity contribution in [3.05, 3.63) is 70.9 Å². The highest BCUT2D eigenvalue weighted by atomic mass is 35.5. The van der Waals surface area contributed by atoms with E-state index in [4.69, 9.17) is 22.1 Å². The van der Waals surface area contributed by atoms with Crippen molar-refractivity contribution in [1.82, 2.24) is 8.87 Å². The number of carbonyl (C=O) groups excluding carboxylic acids is 1. The van der Waals surface area contributed by atoms with Gasteiger partial charge in [-0.1, -0.05) is 41.9 Å². The number of hydrogen-bond acceptors (Lipinski definition) is 4. The molecular weight excluding hydrogens is 440 g/mol. The number of nitrogens with one attached hydrogen (secondary N) is 1. The zero-order chi connectivity index (χ0) is 22.2. The molecule has 0 spiro atoms. The normalized spacial score (nSPS) is 14.1. The third-order valence-electron chi connectivity index (χ3n) is 5.18. The largest absolute Gasteiger partial charge is 0.497 e. The first-order valence-electron chi connectivity index (χ1n) is 9.50. The van der Waals surface area contributed by atoms with Crippen LogP contribution in [0.15, 0.2) is 54.6 Å². The Kier molecular flexibility index (Phi) is 5.65. The molecule has 162 valence electrons. The van der Waals surface area contributed by atoms with Crippen LogP contribution in [0.3, 0.4) is 0 Å². The van der Waals surface area contributed by atoms with Crippen LogP contribution >= 0.6 is 11.6 Å². The molecule has 0 fully saturated rings. The second kappa shape index (κ2) is 8.26. The molecule has 1 amide bonds. The number of ether oxygens (including phenoxy) is 1. The minimum absolute atomic E-state index is 0.0314. The Balaban J connectivity index is 1.68. The van der Waals surface area contributed by atoms with Gasteiger partial charge in [0.2, 0.25) is 0 Å². The van der Waals surface area contributed by atoms with Gasteiger partial charge < -0.3 is 15.0 Å². The summed E-state index contributed by atoms with van der Waals surface area (Å²) in [6, 6.07) is 15.9. The van der Waals surface area contributed by atoms with Crippen LogP contribution in [0.1, 0.15) is 16.1 Å². The van der Waals surface area contributed by atoms with E-state index >= 15 is 0 Å². The minimum Gasteiger partial charge on any atom is -0.497 e. The van der Waals surface area contributed by atoms with Gasteiger partial charge in [-0.25, -0.2) is 0 Å². The summed E-state index contributed by atoms with van der Waals surface area (Å²) in [5, 5.41) is 0.232. The van der Waals surface area contributed by atoms with E-state index in [1.54, 1.807) is 24.3 Å². The SMILES string of the molecule is COc1ccc(NS(=O)(=O)N2CCn3c(c(C(N)=O)c(Cl)c3-c3ccccc3)C2)cc1. The van der Waals surface area contributed by atoms with E-state index in [0.717, 1.165) is 5.56 Å². The van der Waals surface area contributed by atoms with Crippen molar-refractivity contribution in [2.75, 3.05) is 18.4 Å². The van der Waals surface area contributed by atoms with Crippen LogP contribution in [0.4, 0.5) is 5.69 Å². The molecule has 8 nitrogen and oxygen atoms in total. The van der Waals surface area contributed by atoms with Crippen molar-refractivity contribution in [2.45, 2.75) is 13.1 Å². The molecule has 2 aromatic carbocycles. The van der Waals surface area contributed by atoms with E-state index in [0.29, 0.717) is 29.4 Å². The summed E-state index contributed by atoms with van der Waals surface area (Å²) in [5.74, 6) is -0.0776. The van der Waals surface area contributed by atoms with E-state index in [1.807, 2.05) is 34.9 Å². The summed E-state index contributed by atoms with van der Waals surface area (Å²) in [6.45, 7) is 0.508. The molecule has 0 aliphatic carbocycles. The van der Waals surface area contributed by atoms with Gasteiger partial charge in [0.25, 0.3) is 5.91 Å². The first-order valence-corrected chi connectivity index (χ1v) is 11.3. The number of rotatable bonds is 6. The van der Waals surface area contributed by atoms with Crippen molar-refractivity contribution in [1.29, 1.82) is 0 Å². The van der Waals surface area contributed by atoms with Crippen molar-refractivity contribution >= 4 is 33.4 Å². The maximum atomic E-state index is 13.0. The van der Waals surface area contributed by atoms with Crippen LogP contribution in [-0.4, -0.2) is 36.9 Å². The number of hydrogen-bond donors (Lipinski definition) is 2. The van der Waals surface area contributed by atoms with Crippen molar-refractivity contribution < 1.29 is 17.9 Å². The molecule has 0 saturated heterocycles. The van der Waals surface area contributed by atoms with Gasteiger partial charge in [-0.3, -0.25) is 9.52 Å². The predicted molar refractivity (Wildman–Crippen MR) is 119 cm³/mol. The Bertz CT molecular complexity index is 1220. The smallest absolute Gasteiger partial charge is 0.302 e. The van der Waals surface area contributed by atoms with E-state index in [1.165, 1.54) is 11.4 Å². The van der Waals surface area contributed by atoms with Crippen molar-refractivity contribution in [3.63, 3.8) is 0 Å². The summed E-state index contributed by atoms with van der Waals surface area (Å²) in [5.41, 5.74) is 8.11. The lowest BCUT2D eigenvalue weighted by molar-refractivity contribution is 0.0998. The number of anilines is 1. The highest BCUT2D eigenvalue weighted by molar-refractivity contribution is 7.90. The highest BCUT2D eigenvalue weighted by Gasteiger charge is 2.34. The van der Waals surface area contributed by atoms with E-state index in [2.05, 4.69) is 4.72 Å². The number of carbonyl (C=O) groups is 1. The van der Waals surface area contributed by atoms with Gasteiger partial charge in [0.15, 0.2) is 0 Å². The molecule has 0 saturated carbocycles. The summed E-state index contributed by atoms with van der Waals surface area (Å²) in [4.78, 5) is 12.2. The lowest BCUT2D eigenvalue weighted by Crippen LogP contribution is -2.42. The van der Waals surface area contributed by atoms with Gasteiger partial charge in [-0.05, 0) is 29.8 Å². The molecule has 10 heteroatoms. The fourth-order valence-corrected chi connectivity index (χ4v) is 5.30. The Labute approximate surface area is 185 Å². The van der Waals surface area contributed by atoms with Gasteiger partial charge in [0.1, 0.15) is 5.75 Å². The van der Waals surface area contributed by atoms with Gasteiger partial charge in [-0.2, -0.15) is 12.7 Å². The molecule has 0 radical (unpaired) electrons. The van der Waals surface area contributed by atoms with Crippen LogP contribution in [0.25, 0.3) is 11.3 Å². The molecule has 31 heavy (non-hydrogen) atoms. The van der Waals surface area contributed by atoms with Crippen LogP contribution in [0, 0.1) is 0 Å². The van der Waals surface area contributed by atoms with Crippen molar-refractivity contribution in [2.24, 2.45) is 5.73 Å². The standard InChI is InChI=1S/C21H21ClN4O4S/c1-30-16-9-7-15(8-10-16)24-31(28,29)25-11-12-26-17(13-25)18(21(23)27)19(22)20(26)14-5-3-2-4-6-14/h2-10,24H,11-13H2,1H3,(H2,23,27). The quantitative estimate of drug-likeness (QED) is 0.589. The molecule has 2 heterocycles. The second-order valence-corrected chi connectivity index (χ2v) is 9.08. The minimum atomic E-state index is -3.88. The van der Waals surface area contributed by atoms with Gasteiger partial charge in [0.05, 0.1) is 35.6 Å². The van der Waals surface area contributed by atoms with Crippen LogP contribution < -0.4 is 15.2 Å². The Morgan fingerprint density at radius 3 is 2.39 bits per heavy atom. The summed E-state index contributed by atoms with van der Waals surface area (Å²) >= 11 is 6.55. The lowest BCUT2D eigenvalue weighted by atomic mass is 10.1. The maximum Gasteiger partial charge on any atom is 0.302 e. The highest BCUT2D eigenvalue weighted by Crippen LogP contribution is 2.38. The van der Waals surface area contributed by atoms with Crippen LogP contribution in [0.2, 0.25) is 5.02 Å². The van der Waals surface area contributed by atoms with E-state index < -0.39 is 16.1 Å². The number of amides is 1. The fraction of sp³-hybridized carbons (Fsp3) is 0.190. The Morgan fingerprint density at radius 1 is 1.10 bits per heavy atom. The van der Waals surface area contributed by atoms with E-state index in [9.17, 15) is 13.2 Å².